The Balaban J connectivity index is 1.75. The lowest BCUT2D eigenvalue weighted by atomic mass is 10.1. The zero-order chi connectivity index (χ0) is 20.0. The maximum absolute atomic E-state index is 14.9. The molecule has 1 N–H and O–H groups in total. The van der Waals surface area contributed by atoms with E-state index in [0.717, 1.165) is 18.9 Å². The third kappa shape index (κ3) is 3.12. The number of halogens is 1. The fourth-order valence-electron chi connectivity index (χ4n) is 3.83. The summed E-state index contributed by atoms with van der Waals surface area (Å²) in [6.07, 6.45) is 3.64. The Morgan fingerprint density at radius 1 is 1.18 bits per heavy atom. The molecule has 28 heavy (non-hydrogen) atoms. The Bertz CT molecular complexity index is 1020. The normalized spacial score (nSPS) is 17.2. The predicted molar refractivity (Wildman–Crippen MR) is 102 cm³/mol. The number of carboxylic acids is 1. The molecule has 7 nitrogen and oxygen atoms in total. The predicted octanol–water partition coefficient (Wildman–Crippen LogP) is 2.23. The third-order valence-electron chi connectivity index (χ3n) is 5.55. The van der Waals surface area contributed by atoms with Crippen LogP contribution in [-0.4, -0.2) is 52.6 Å². The topological polar surface area (TPSA) is 82.8 Å². The molecule has 1 aliphatic carbocycles. The number of amides is 1. The molecular formula is C20H22FN3O4. The number of pyridine rings is 1. The van der Waals surface area contributed by atoms with Crippen molar-refractivity contribution in [2.24, 2.45) is 0 Å². The molecular weight excluding hydrogens is 365 g/mol. The maximum Gasteiger partial charge on any atom is 0.341 e. The molecule has 1 saturated heterocycles. The lowest BCUT2D eigenvalue weighted by Crippen LogP contribution is -2.48. The van der Waals surface area contributed by atoms with Crippen LogP contribution in [0, 0.1) is 5.82 Å². The lowest BCUT2D eigenvalue weighted by Gasteiger charge is -2.36. The number of aromatic carboxylic acids is 1. The minimum absolute atomic E-state index is 0.0856. The summed E-state index contributed by atoms with van der Waals surface area (Å²) in [5.74, 6) is -1.77. The van der Waals surface area contributed by atoms with E-state index in [9.17, 15) is 23.9 Å². The fourth-order valence-corrected chi connectivity index (χ4v) is 3.83. The van der Waals surface area contributed by atoms with Gasteiger partial charge in [-0.05, 0) is 25.0 Å². The summed E-state index contributed by atoms with van der Waals surface area (Å²) < 4.78 is 16.7. The van der Waals surface area contributed by atoms with Crippen LogP contribution in [0.15, 0.2) is 23.1 Å². The van der Waals surface area contributed by atoms with Gasteiger partial charge in [0.2, 0.25) is 11.3 Å². The Labute approximate surface area is 161 Å². The fraction of sp³-hybridized carbons (Fsp3) is 0.450. The van der Waals surface area contributed by atoms with Crippen LogP contribution in [0.25, 0.3) is 10.9 Å². The summed E-state index contributed by atoms with van der Waals surface area (Å²) in [5.41, 5.74) is -0.0598. The number of benzene rings is 1. The molecule has 1 saturated carbocycles. The van der Waals surface area contributed by atoms with Crippen molar-refractivity contribution in [2.75, 3.05) is 31.1 Å². The first kappa shape index (κ1) is 18.5. The smallest absolute Gasteiger partial charge is 0.341 e. The number of carbonyl (C=O) groups is 2. The number of carboxylic acid groups (broad SMARTS) is 1. The minimum Gasteiger partial charge on any atom is -0.477 e. The quantitative estimate of drug-likeness (QED) is 0.870. The molecule has 1 aliphatic heterocycles. The first-order valence-corrected chi connectivity index (χ1v) is 9.55. The zero-order valence-electron chi connectivity index (χ0n) is 15.7. The van der Waals surface area contributed by atoms with E-state index < -0.39 is 17.2 Å². The number of hydrogen-bond acceptors (Lipinski definition) is 4. The van der Waals surface area contributed by atoms with E-state index in [1.807, 2.05) is 11.8 Å². The van der Waals surface area contributed by atoms with Crippen LogP contribution >= 0.6 is 0 Å². The van der Waals surface area contributed by atoms with E-state index >= 15 is 0 Å². The number of hydrogen-bond donors (Lipinski definition) is 1. The van der Waals surface area contributed by atoms with E-state index in [1.54, 1.807) is 15.5 Å². The molecule has 2 heterocycles. The highest BCUT2D eigenvalue weighted by Gasteiger charge is 2.28. The molecule has 148 valence electrons. The Morgan fingerprint density at radius 3 is 2.43 bits per heavy atom. The van der Waals surface area contributed by atoms with Gasteiger partial charge in [-0.15, -0.1) is 0 Å². The van der Waals surface area contributed by atoms with Gasteiger partial charge in [-0.3, -0.25) is 9.59 Å². The number of nitrogens with zero attached hydrogens (tertiary/aromatic N) is 3. The second kappa shape index (κ2) is 6.92. The molecule has 1 aromatic carbocycles. The SMILES string of the molecule is CCC(=O)N1CCN(c2cc3c(cc2F)c(=O)c(C(=O)O)cn3C2CC2)CC1. The highest BCUT2D eigenvalue weighted by molar-refractivity contribution is 5.93. The molecule has 0 atom stereocenters. The van der Waals surface area contributed by atoms with Crippen LogP contribution in [0.2, 0.25) is 0 Å². The van der Waals surface area contributed by atoms with Crippen molar-refractivity contribution >= 4 is 28.5 Å². The molecule has 2 aromatic rings. The van der Waals surface area contributed by atoms with Crippen LogP contribution < -0.4 is 10.3 Å². The minimum atomic E-state index is -1.30. The van der Waals surface area contributed by atoms with Crippen molar-refractivity contribution in [1.29, 1.82) is 0 Å². The number of piperazine rings is 1. The molecule has 0 spiro atoms. The van der Waals surface area contributed by atoms with E-state index in [0.29, 0.717) is 43.8 Å². The van der Waals surface area contributed by atoms with Crippen molar-refractivity contribution in [3.63, 3.8) is 0 Å². The average molecular weight is 387 g/mol. The van der Waals surface area contributed by atoms with Gasteiger partial charge in [0.25, 0.3) is 0 Å². The number of carbonyl (C=O) groups excluding carboxylic acids is 1. The number of fused-ring (bicyclic) bond motifs is 1. The summed E-state index contributed by atoms with van der Waals surface area (Å²) in [6, 6.07) is 2.94. The van der Waals surface area contributed by atoms with Crippen molar-refractivity contribution in [3.05, 3.63) is 39.9 Å². The van der Waals surface area contributed by atoms with E-state index in [-0.39, 0.29) is 22.9 Å². The van der Waals surface area contributed by atoms with Crippen molar-refractivity contribution in [3.8, 4) is 0 Å². The summed E-state index contributed by atoms with van der Waals surface area (Å²) in [7, 11) is 0. The standard InChI is InChI=1S/C20H22FN3O4/c1-2-18(25)23-7-5-22(6-8-23)17-10-16-13(9-15(17)21)19(26)14(20(27)28)11-24(16)12-3-4-12/h9-12H,2-8H2,1H3,(H,27,28). The summed E-state index contributed by atoms with van der Waals surface area (Å²) in [5, 5.41) is 9.41. The van der Waals surface area contributed by atoms with Gasteiger partial charge in [0.05, 0.1) is 11.2 Å². The van der Waals surface area contributed by atoms with Gasteiger partial charge in [0.1, 0.15) is 11.4 Å². The molecule has 1 aromatic heterocycles. The van der Waals surface area contributed by atoms with Crippen molar-refractivity contribution in [1.82, 2.24) is 9.47 Å². The molecule has 2 fully saturated rings. The van der Waals surface area contributed by atoms with Gasteiger partial charge in [-0.1, -0.05) is 6.92 Å². The first-order valence-electron chi connectivity index (χ1n) is 9.55. The van der Waals surface area contributed by atoms with Crippen LogP contribution in [0.4, 0.5) is 10.1 Å². The van der Waals surface area contributed by atoms with Crippen molar-refractivity contribution in [2.45, 2.75) is 32.2 Å². The maximum atomic E-state index is 14.9. The summed E-state index contributed by atoms with van der Waals surface area (Å²) in [4.78, 5) is 39.5. The molecule has 8 heteroatoms. The molecule has 0 bridgehead atoms. The van der Waals surface area contributed by atoms with E-state index in [1.165, 1.54) is 6.20 Å². The van der Waals surface area contributed by atoms with E-state index in [4.69, 9.17) is 0 Å². The van der Waals surface area contributed by atoms with Gasteiger partial charge in [0, 0.05) is 50.2 Å². The third-order valence-corrected chi connectivity index (χ3v) is 5.55. The Kier molecular flexibility index (Phi) is 4.56. The Morgan fingerprint density at radius 2 is 1.86 bits per heavy atom. The first-order chi connectivity index (χ1) is 13.4. The second-order valence-corrected chi connectivity index (χ2v) is 7.36. The van der Waals surface area contributed by atoms with Crippen molar-refractivity contribution < 1.29 is 19.1 Å². The van der Waals surface area contributed by atoms with Gasteiger partial charge in [-0.25, -0.2) is 9.18 Å². The van der Waals surface area contributed by atoms with Gasteiger partial charge in [0.15, 0.2) is 0 Å². The molecule has 2 aliphatic rings. The van der Waals surface area contributed by atoms with Crippen LogP contribution in [0.3, 0.4) is 0 Å². The number of aromatic nitrogens is 1. The van der Waals surface area contributed by atoms with E-state index in [2.05, 4.69) is 0 Å². The lowest BCUT2D eigenvalue weighted by molar-refractivity contribution is -0.131. The van der Waals surface area contributed by atoms with Crippen LogP contribution in [0.1, 0.15) is 42.6 Å². The molecule has 4 rings (SSSR count). The van der Waals surface area contributed by atoms with Gasteiger partial charge < -0.3 is 19.5 Å². The monoisotopic (exact) mass is 387 g/mol. The van der Waals surface area contributed by atoms with Crippen LogP contribution in [0.5, 0.6) is 0 Å². The zero-order valence-corrected chi connectivity index (χ0v) is 15.7. The summed E-state index contributed by atoms with van der Waals surface area (Å²) in [6.45, 7) is 3.89. The van der Waals surface area contributed by atoms with Gasteiger partial charge >= 0.3 is 5.97 Å². The highest BCUT2D eigenvalue weighted by Crippen LogP contribution is 2.38. The average Bonchev–Trinajstić information content (AvgIpc) is 3.52. The Hall–Kier alpha value is -2.90. The molecule has 0 radical (unpaired) electrons. The second-order valence-electron chi connectivity index (χ2n) is 7.36. The highest BCUT2D eigenvalue weighted by atomic mass is 19.1. The van der Waals surface area contributed by atoms with Crippen LogP contribution in [-0.2, 0) is 4.79 Å². The largest absolute Gasteiger partial charge is 0.477 e. The molecule has 1 amide bonds. The summed E-state index contributed by atoms with van der Waals surface area (Å²) >= 11 is 0. The molecule has 0 unspecified atom stereocenters. The number of anilines is 1. The van der Waals surface area contributed by atoms with Gasteiger partial charge in [-0.2, -0.15) is 0 Å². The number of rotatable bonds is 4.